The molecule has 7 heteroatoms. The van der Waals surface area contributed by atoms with Crippen LogP contribution in [0, 0.1) is 17.1 Å². The molecule has 1 aromatic rings. The predicted molar refractivity (Wildman–Crippen MR) is 75.9 cm³/mol. The van der Waals surface area contributed by atoms with Crippen LogP contribution >= 0.6 is 0 Å². The summed E-state index contributed by atoms with van der Waals surface area (Å²) in [5, 5.41) is 12.1. The Morgan fingerprint density at radius 3 is 2.87 bits per heavy atom. The van der Waals surface area contributed by atoms with Gasteiger partial charge >= 0.3 is 0 Å². The summed E-state index contributed by atoms with van der Waals surface area (Å²) < 4.78 is 19.2. The minimum atomic E-state index is -1.72. The van der Waals surface area contributed by atoms with Crippen molar-refractivity contribution in [3.63, 3.8) is 0 Å². The number of ether oxygens (including phenoxy) is 1. The van der Waals surface area contributed by atoms with E-state index in [1.54, 1.807) is 0 Å². The number of halogens is 1. The lowest BCUT2D eigenvalue weighted by Crippen LogP contribution is -2.44. The van der Waals surface area contributed by atoms with Gasteiger partial charge in [0.2, 0.25) is 11.8 Å². The monoisotopic (exact) mass is 311 g/mol. The number of nitrogens with two attached hydrogens (primary N) is 1. The molecule has 1 atom stereocenters. The highest BCUT2D eigenvalue weighted by atomic mass is 19.1. The fourth-order valence-corrected chi connectivity index (χ4v) is 3.56. The molecule has 2 aliphatic heterocycles. The Hall–Kier alpha value is -3.14. The highest BCUT2D eigenvalue weighted by Crippen LogP contribution is 2.54. The van der Waals surface area contributed by atoms with E-state index >= 15 is 0 Å². The summed E-state index contributed by atoms with van der Waals surface area (Å²) in [6, 6.07) is 5.62. The van der Waals surface area contributed by atoms with E-state index in [2.05, 4.69) is 5.32 Å². The van der Waals surface area contributed by atoms with Crippen LogP contribution in [0.25, 0.3) is 0 Å². The van der Waals surface area contributed by atoms with Crippen molar-refractivity contribution in [3.05, 3.63) is 52.4 Å². The van der Waals surface area contributed by atoms with Crippen LogP contribution in [0.1, 0.15) is 18.4 Å². The fourth-order valence-electron chi connectivity index (χ4n) is 3.56. The second-order valence-corrected chi connectivity index (χ2v) is 5.57. The zero-order valence-corrected chi connectivity index (χ0v) is 11.8. The molecule has 0 saturated carbocycles. The second kappa shape index (κ2) is 4.20. The molecule has 0 bridgehead atoms. The zero-order chi connectivity index (χ0) is 16.4. The minimum Gasteiger partial charge on any atom is -0.444 e. The number of nitrogens with zero attached hydrogens (tertiary/aromatic N) is 1. The molecule has 3 N–H and O–H groups in total. The predicted octanol–water partition coefficient (Wildman–Crippen LogP) is 1.36. The molecule has 1 spiro atoms. The van der Waals surface area contributed by atoms with Gasteiger partial charge < -0.3 is 15.8 Å². The average Bonchev–Trinajstić information content (AvgIpc) is 3.00. The number of amides is 1. The molecule has 4 rings (SSSR count). The summed E-state index contributed by atoms with van der Waals surface area (Å²) in [6.45, 7) is 0. The van der Waals surface area contributed by atoms with Crippen molar-refractivity contribution < 1.29 is 18.7 Å². The van der Waals surface area contributed by atoms with Crippen LogP contribution in [0.5, 0.6) is 0 Å². The Bertz CT molecular complexity index is 910. The van der Waals surface area contributed by atoms with E-state index in [1.807, 2.05) is 6.07 Å². The van der Waals surface area contributed by atoms with E-state index in [9.17, 15) is 19.2 Å². The zero-order valence-electron chi connectivity index (χ0n) is 11.8. The number of hydrogen-bond donors (Lipinski definition) is 2. The highest BCUT2D eigenvalue weighted by molar-refractivity contribution is 6.19. The Kier molecular flexibility index (Phi) is 2.47. The molecular formula is C16H10FN3O3. The first-order chi connectivity index (χ1) is 11.0. The molecule has 23 heavy (non-hydrogen) atoms. The van der Waals surface area contributed by atoms with Gasteiger partial charge in [0.05, 0.1) is 5.57 Å². The maximum absolute atomic E-state index is 13.8. The number of ketones is 1. The van der Waals surface area contributed by atoms with Crippen LogP contribution in [0.4, 0.5) is 10.1 Å². The largest absolute Gasteiger partial charge is 0.444 e. The lowest BCUT2D eigenvalue weighted by Gasteiger charge is -2.32. The topological polar surface area (TPSA) is 105 Å². The summed E-state index contributed by atoms with van der Waals surface area (Å²) >= 11 is 0. The summed E-state index contributed by atoms with van der Waals surface area (Å²) in [5.41, 5.74) is 4.56. The Morgan fingerprint density at radius 2 is 2.13 bits per heavy atom. The quantitative estimate of drug-likeness (QED) is 0.752. The molecule has 6 nitrogen and oxygen atoms in total. The van der Waals surface area contributed by atoms with E-state index in [0.29, 0.717) is 12.1 Å². The van der Waals surface area contributed by atoms with Crippen LogP contribution in [0.3, 0.4) is 0 Å². The van der Waals surface area contributed by atoms with Crippen molar-refractivity contribution in [1.82, 2.24) is 0 Å². The van der Waals surface area contributed by atoms with Gasteiger partial charge in [-0.2, -0.15) is 5.26 Å². The number of nitriles is 1. The van der Waals surface area contributed by atoms with E-state index in [4.69, 9.17) is 10.5 Å². The molecule has 1 aromatic carbocycles. The van der Waals surface area contributed by atoms with Gasteiger partial charge in [-0.25, -0.2) is 4.39 Å². The van der Waals surface area contributed by atoms with Gasteiger partial charge in [0, 0.05) is 24.1 Å². The number of allylic oxidation sites excluding steroid dienone is 1. The van der Waals surface area contributed by atoms with Gasteiger partial charge in [-0.15, -0.1) is 0 Å². The third kappa shape index (κ3) is 1.45. The Labute approximate surface area is 130 Å². The molecule has 0 aromatic heterocycles. The SMILES string of the molecule is N#CC1=C(N)OC2=C(C(=O)CC2)C12C(=O)Nc1ccc(F)cc12. The number of nitrogens with one attached hydrogen (secondary N) is 1. The smallest absolute Gasteiger partial charge is 0.245 e. The number of anilines is 1. The molecule has 0 radical (unpaired) electrons. The van der Waals surface area contributed by atoms with Crippen LogP contribution in [-0.2, 0) is 19.7 Å². The van der Waals surface area contributed by atoms with Crippen LogP contribution in [-0.4, -0.2) is 11.7 Å². The van der Waals surface area contributed by atoms with Gasteiger partial charge in [-0.1, -0.05) is 0 Å². The molecule has 3 aliphatic rings. The Morgan fingerprint density at radius 1 is 1.35 bits per heavy atom. The van der Waals surface area contributed by atoms with Gasteiger partial charge in [0.15, 0.2) is 5.78 Å². The number of benzene rings is 1. The summed E-state index contributed by atoms with van der Waals surface area (Å²) in [4.78, 5) is 25.2. The summed E-state index contributed by atoms with van der Waals surface area (Å²) in [7, 11) is 0. The first-order valence-electron chi connectivity index (χ1n) is 6.96. The van der Waals surface area contributed by atoms with Crippen LogP contribution in [0.15, 0.2) is 41.0 Å². The molecule has 1 aliphatic carbocycles. The van der Waals surface area contributed by atoms with Crippen LogP contribution < -0.4 is 11.1 Å². The van der Waals surface area contributed by atoms with E-state index in [-0.39, 0.29) is 40.6 Å². The number of carbonyl (C=O) groups is 2. The highest BCUT2D eigenvalue weighted by Gasteiger charge is 2.60. The maximum atomic E-state index is 13.8. The third-order valence-electron chi connectivity index (χ3n) is 4.45. The number of hydrogen-bond acceptors (Lipinski definition) is 5. The van der Waals surface area contributed by atoms with Crippen molar-refractivity contribution in [3.8, 4) is 6.07 Å². The van der Waals surface area contributed by atoms with Crippen LogP contribution in [0.2, 0.25) is 0 Å². The summed E-state index contributed by atoms with van der Waals surface area (Å²) in [5.74, 6) is -1.42. The van der Waals surface area contributed by atoms with Gasteiger partial charge in [0.25, 0.3) is 0 Å². The van der Waals surface area contributed by atoms with Crippen molar-refractivity contribution in [2.75, 3.05) is 5.32 Å². The van der Waals surface area contributed by atoms with Crippen molar-refractivity contribution >= 4 is 17.4 Å². The molecule has 0 fully saturated rings. The minimum absolute atomic E-state index is 0.0881. The number of Topliss-reactive ketones (excluding diaryl/α,β-unsaturated/α-hetero) is 1. The first-order valence-corrected chi connectivity index (χ1v) is 6.96. The third-order valence-corrected chi connectivity index (χ3v) is 4.45. The van der Waals surface area contributed by atoms with Gasteiger partial charge in [-0.3, -0.25) is 9.59 Å². The lowest BCUT2D eigenvalue weighted by molar-refractivity contribution is -0.122. The second-order valence-electron chi connectivity index (χ2n) is 5.57. The molecule has 1 unspecified atom stereocenters. The van der Waals surface area contributed by atoms with E-state index in [1.165, 1.54) is 12.1 Å². The maximum Gasteiger partial charge on any atom is 0.245 e. The normalized spacial score (nSPS) is 25.2. The van der Waals surface area contributed by atoms with Crippen molar-refractivity contribution in [2.45, 2.75) is 18.3 Å². The average molecular weight is 311 g/mol. The van der Waals surface area contributed by atoms with Crippen molar-refractivity contribution in [2.24, 2.45) is 5.73 Å². The summed E-state index contributed by atoms with van der Waals surface area (Å²) in [6.07, 6.45) is 0.462. The number of fused-ring (bicyclic) bond motifs is 3. The van der Waals surface area contributed by atoms with Gasteiger partial charge in [0.1, 0.15) is 28.6 Å². The Balaban J connectivity index is 2.14. The molecule has 114 valence electrons. The number of rotatable bonds is 0. The molecular weight excluding hydrogens is 301 g/mol. The first kappa shape index (κ1) is 13.5. The standard InChI is InChI=1S/C16H10FN3O3/c17-7-1-2-10-8(5-7)16(15(22)20-10)9(6-18)14(19)23-12-4-3-11(21)13(12)16/h1-2,5H,3-4,19H2,(H,20,22). The van der Waals surface area contributed by atoms with E-state index < -0.39 is 17.1 Å². The molecule has 0 saturated heterocycles. The molecule has 1 amide bonds. The van der Waals surface area contributed by atoms with Gasteiger partial charge in [-0.05, 0) is 18.2 Å². The van der Waals surface area contributed by atoms with Crippen molar-refractivity contribution in [1.29, 1.82) is 5.26 Å². The lowest BCUT2D eigenvalue weighted by atomic mass is 9.68. The number of carbonyl (C=O) groups excluding carboxylic acids is 2. The molecule has 2 heterocycles. The fraction of sp³-hybridized carbons (Fsp3) is 0.188. The van der Waals surface area contributed by atoms with E-state index in [0.717, 1.165) is 6.07 Å².